The van der Waals surface area contributed by atoms with Crippen molar-refractivity contribution in [1.82, 2.24) is 14.3 Å². The van der Waals surface area contributed by atoms with Crippen LogP contribution in [0.2, 0.25) is 0 Å². The van der Waals surface area contributed by atoms with E-state index in [9.17, 15) is 4.79 Å². The van der Waals surface area contributed by atoms with Crippen molar-refractivity contribution in [3.63, 3.8) is 0 Å². The lowest BCUT2D eigenvalue weighted by atomic mass is 10.0. The molecular weight excluding hydrogens is 332 g/mol. The zero-order valence-electron chi connectivity index (χ0n) is 15.2. The summed E-state index contributed by atoms with van der Waals surface area (Å²) in [4.78, 5) is 15.2. The van der Waals surface area contributed by atoms with Crippen molar-refractivity contribution in [2.75, 3.05) is 11.9 Å². The maximum Gasteiger partial charge on any atom is 0.295 e. The fourth-order valence-electron chi connectivity index (χ4n) is 3.58. The SMILES string of the molecule is CCC1CCCCN1C(=S)Nc1c(C)n(C)n(-c2ccccc2)c1=O. The number of piperidine rings is 1. The van der Waals surface area contributed by atoms with Crippen LogP contribution in [0.5, 0.6) is 0 Å². The minimum Gasteiger partial charge on any atom is -0.346 e. The van der Waals surface area contributed by atoms with Crippen LogP contribution in [0.15, 0.2) is 35.1 Å². The first-order valence-corrected chi connectivity index (χ1v) is 9.37. The third kappa shape index (κ3) is 3.35. The molecule has 0 saturated carbocycles. The zero-order valence-corrected chi connectivity index (χ0v) is 16.0. The van der Waals surface area contributed by atoms with Crippen LogP contribution in [0.3, 0.4) is 0 Å². The number of thiocarbonyl (C=S) groups is 1. The average molecular weight is 359 g/mol. The Labute approximate surface area is 154 Å². The fourth-order valence-corrected chi connectivity index (χ4v) is 3.93. The summed E-state index contributed by atoms with van der Waals surface area (Å²) in [5, 5.41) is 3.91. The lowest BCUT2D eigenvalue weighted by Crippen LogP contribution is -2.46. The number of nitrogens with one attached hydrogen (secondary N) is 1. The fraction of sp³-hybridized carbons (Fsp3) is 0.474. The van der Waals surface area contributed by atoms with Gasteiger partial charge in [0.2, 0.25) is 0 Å². The highest BCUT2D eigenvalue weighted by molar-refractivity contribution is 7.80. The third-order valence-electron chi connectivity index (χ3n) is 5.15. The second kappa shape index (κ2) is 7.44. The summed E-state index contributed by atoms with van der Waals surface area (Å²) in [5.74, 6) is 0. The monoisotopic (exact) mass is 358 g/mol. The van der Waals surface area contributed by atoms with E-state index < -0.39 is 0 Å². The van der Waals surface area contributed by atoms with Crippen LogP contribution in [0.4, 0.5) is 5.69 Å². The van der Waals surface area contributed by atoms with E-state index in [4.69, 9.17) is 12.2 Å². The molecule has 134 valence electrons. The molecule has 5 nitrogen and oxygen atoms in total. The van der Waals surface area contributed by atoms with Crippen molar-refractivity contribution in [1.29, 1.82) is 0 Å². The number of nitrogens with zero attached hydrogens (tertiary/aromatic N) is 3. The van der Waals surface area contributed by atoms with E-state index in [1.807, 2.05) is 49.0 Å². The Hall–Kier alpha value is -2.08. The first-order chi connectivity index (χ1) is 12.0. The number of para-hydroxylation sites is 1. The van der Waals surface area contributed by atoms with E-state index in [2.05, 4.69) is 17.1 Å². The van der Waals surface area contributed by atoms with Gasteiger partial charge >= 0.3 is 0 Å². The van der Waals surface area contributed by atoms with Gasteiger partial charge in [-0.2, -0.15) is 0 Å². The van der Waals surface area contributed by atoms with Gasteiger partial charge in [0.15, 0.2) is 5.11 Å². The second-order valence-corrected chi connectivity index (χ2v) is 7.00. The van der Waals surface area contributed by atoms with E-state index in [1.165, 1.54) is 12.8 Å². The molecule has 0 bridgehead atoms. The Morgan fingerprint density at radius 1 is 1.28 bits per heavy atom. The van der Waals surface area contributed by atoms with Crippen molar-refractivity contribution >= 4 is 23.0 Å². The molecule has 6 heteroatoms. The summed E-state index contributed by atoms with van der Waals surface area (Å²) in [6.45, 7) is 5.10. The normalized spacial score (nSPS) is 17.6. The minimum atomic E-state index is -0.0707. The molecule has 2 heterocycles. The van der Waals surface area contributed by atoms with Crippen molar-refractivity contribution < 1.29 is 0 Å². The van der Waals surface area contributed by atoms with Gasteiger partial charge in [-0.15, -0.1) is 0 Å². The first kappa shape index (κ1) is 17.7. The summed E-state index contributed by atoms with van der Waals surface area (Å²) in [6.07, 6.45) is 4.65. The van der Waals surface area contributed by atoms with E-state index >= 15 is 0 Å². The molecule has 1 aromatic heterocycles. The lowest BCUT2D eigenvalue weighted by Gasteiger charge is -2.37. The van der Waals surface area contributed by atoms with Crippen LogP contribution in [-0.2, 0) is 7.05 Å². The molecule has 0 aliphatic carbocycles. The van der Waals surface area contributed by atoms with Gasteiger partial charge in [-0.3, -0.25) is 9.48 Å². The van der Waals surface area contributed by atoms with Crippen molar-refractivity contribution in [3.8, 4) is 5.69 Å². The maximum absolute atomic E-state index is 13.0. The summed E-state index contributed by atoms with van der Waals surface area (Å²) in [7, 11) is 1.90. The number of aromatic nitrogens is 2. The van der Waals surface area contributed by atoms with Gasteiger partial charge in [-0.1, -0.05) is 25.1 Å². The van der Waals surface area contributed by atoms with Crippen LogP contribution in [0.25, 0.3) is 5.69 Å². The van der Waals surface area contributed by atoms with Gasteiger partial charge in [0.25, 0.3) is 5.56 Å². The molecule has 1 unspecified atom stereocenters. The number of hydrogen-bond donors (Lipinski definition) is 1. The number of hydrogen-bond acceptors (Lipinski definition) is 2. The molecule has 1 aliphatic heterocycles. The third-order valence-corrected chi connectivity index (χ3v) is 5.48. The van der Waals surface area contributed by atoms with Crippen molar-refractivity contribution in [2.24, 2.45) is 7.05 Å². The molecule has 2 aromatic rings. The van der Waals surface area contributed by atoms with Gasteiger partial charge in [0.05, 0.1) is 11.4 Å². The molecule has 1 saturated heterocycles. The van der Waals surface area contributed by atoms with Gasteiger partial charge < -0.3 is 10.2 Å². The first-order valence-electron chi connectivity index (χ1n) is 8.96. The van der Waals surface area contributed by atoms with Gasteiger partial charge in [0, 0.05) is 19.6 Å². The number of likely N-dealkylation sites (tertiary alicyclic amines) is 1. The minimum absolute atomic E-state index is 0.0707. The van der Waals surface area contributed by atoms with Crippen LogP contribution < -0.4 is 10.9 Å². The topological polar surface area (TPSA) is 42.2 Å². The van der Waals surface area contributed by atoms with E-state index in [0.717, 1.165) is 30.8 Å². The Bertz CT molecular complexity index is 809. The molecule has 3 rings (SSSR count). The molecule has 0 radical (unpaired) electrons. The Morgan fingerprint density at radius 2 is 2.00 bits per heavy atom. The molecule has 1 N–H and O–H groups in total. The Kier molecular flexibility index (Phi) is 5.27. The van der Waals surface area contributed by atoms with Crippen LogP contribution >= 0.6 is 12.2 Å². The Morgan fingerprint density at radius 3 is 2.68 bits per heavy atom. The molecule has 1 atom stereocenters. The summed E-state index contributed by atoms with van der Waals surface area (Å²) in [6, 6.07) is 10.1. The van der Waals surface area contributed by atoms with Gasteiger partial charge in [-0.05, 0) is 57.0 Å². The predicted molar refractivity (Wildman–Crippen MR) is 107 cm³/mol. The molecule has 0 amide bonds. The summed E-state index contributed by atoms with van der Waals surface area (Å²) in [5.41, 5.74) is 2.22. The quantitative estimate of drug-likeness (QED) is 0.854. The van der Waals surface area contributed by atoms with Crippen molar-refractivity contribution in [3.05, 3.63) is 46.4 Å². The van der Waals surface area contributed by atoms with Crippen LogP contribution in [0, 0.1) is 6.92 Å². The number of anilines is 1. The highest BCUT2D eigenvalue weighted by Gasteiger charge is 2.25. The highest BCUT2D eigenvalue weighted by Crippen LogP contribution is 2.21. The van der Waals surface area contributed by atoms with Crippen molar-refractivity contribution in [2.45, 2.75) is 45.6 Å². The van der Waals surface area contributed by atoms with E-state index in [1.54, 1.807) is 4.68 Å². The molecule has 1 aliphatic rings. The summed E-state index contributed by atoms with van der Waals surface area (Å²) < 4.78 is 3.55. The second-order valence-electron chi connectivity index (χ2n) is 6.62. The average Bonchev–Trinajstić information content (AvgIpc) is 2.85. The Balaban J connectivity index is 1.91. The smallest absolute Gasteiger partial charge is 0.295 e. The standard InChI is InChI=1S/C19H26N4OS/c1-4-15-10-8-9-13-22(15)19(25)20-17-14(2)21(3)23(18(17)24)16-11-6-5-7-12-16/h5-7,11-12,15H,4,8-10,13H2,1-3H3,(H,20,25). The summed E-state index contributed by atoms with van der Waals surface area (Å²) >= 11 is 5.65. The lowest BCUT2D eigenvalue weighted by molar-refractivity contribution is 0.239. The molecule has 1 aromatic carbocycles. The molecule has 25 heavy (non-hydrogen) atoms. The maximum atomic E-state index is 13.0. The van der Waals surface area contributed by atoms with Crippen LogP contribution in [0.1, 0.15) is 38.3 Å². The van der Waals surface area contributed by atoms with E-state index in [0.29, 0.717) is 16.8 Å². The van der Waals surface area contributed by atoms with Gasteiger partial charge in [0.1, 0.15) is 5.69 Å². The molecular formula is C19H26N4OS. The zero-order chi connectivity index (χ0) is 18.0. The van der Waals surface area contributed by atoms with Gasteiger partial charge in [-0.25, -0.2) is 4.68 Å². The molecule has 1 fully saturated rings. The van der Waals surface area contributed by atoms with Crippen LogP contribution in [-0.4, -0.2) is 32.0 Å². The predicted octanol–water partition coefficient (Wildman–Crippen LogP) is 3.45. The highest BCUT2D eigenvalue weighted by atomic mass is 32.1. The number of benzene rings is 1. The largest absolute Gasteiger partial charge is 0.346 e. The number of rotatable bonds is 3. The van der Waals surface area contributed by atoms with E-state index in [-0.39, 0.29) is 5.56 Å². The molecule has 0 spiro atoms.